The first-order valence-electron chi connectivity index (χ1n) is 5.61. The van der Waals surface area contributed by atoms with E-state index >= 15 is 0 Å². The van der Waals surface area contributed by atoms with Gasteiger partial charge in [-0.3, -0.25) is 0 Å². The Bertz CT molecular complexity index is 495. The minimum absolute atomic E-state index is 0. The Hall–Kier alpha value is -1.41. The Morgan fingerprint density at radius 1 is 1.38 bits per heavy atom. The monoisotopic (exact) mass is 333 g/mol. The van der Waals surface area contributed by atoms with Crippen LogP contribution in [0.25, 0.3) is 0 Å². The lowest BCUT2D eigenvalue weighted by Crippen LogP contribution is -2.32. The summed E-state index contributed by atoms with van der Waals surface area (Å²) < 4.78 is 68.9. The topological polar surface area (TPSA) is 52.3 Å². The maximum Gasteiger partial charge on any atom is 0.416 e. The van der Waals surface area contributed by atoms with Gasteiger partial charge in [0.05, 0.1) is 18.2 Å². The molecule has 1 aromatic rings. The van der Waals surface area contributed by atoms with E-state index in [2.05, 4.69) is 4.74 Å². The van der Waals surface area contributed by atoms with Gasteiger partial charge in [-0.2, -0.15) is 13.2 Å². The van der Waals surface area contributed by atoms with E-state index in [1.807, 2.05) is 0 Å². The van der Waals surface area contributed by atoms with Crippen molar-refractivity contribution >= 4 is 18.4 Å². The zero-order valence-corrected chi connectivity index (χ0v) is 11.6. The van der Waals surface area contributed by atoms with Gasteiger partial charge in [0.15, 0.2) is 0 Å². The van der Waals surface area contributed by atoms with Crippen molar-refractivity contribution in [3.8, 4) is 0 Å². The largest absolute Gasteiger partial charge is 0.464 e. The summed E-state index contributed by atoms with van der Waals surface area (Å²) in [6, 6.07) is -0.471. The fourth-order valence-electron chi connectivity index (χ4n) is 1.50. The molecular formula is C12H13ClF5NO2. The molecule has 0 amide bonds. The van der Waals surface area contributed by atoms with Crippen molar-refractivity contribution in [2.75, 3.05) is 6.61 Å². The van der Waals surface area contributed by atoms with E-state index in [1.165, 1.54) is 6.92 Å². The summed E-state index contributed by atoms with van der Waals surface area (Å²) in [5.74, 6) is -2.48. The van der Waals surface area contributed by atoms with Crippen molar-refractivity contribution in [1.29, 1.82) is 0 Å². The summed E-state index contributed by atoms with van der Waals surface area (Å²) in [5.41, 5.74) is 3.38. The van der Waals surface area contributed by atoms with Gasteiger partial charge in [0, 0.05) is 5.56 Å². The summed E-state index contributed by atoms with van der Waals surface area (Å²) in [7, 11) is 0. The number of carbonyl (C=O) groups excluding carboxylic acids is 1. The fourth-order valence-corrected chi connectivity index (χ4v) is 1.50. The second-order valence-electron chi connectivity index (χ2n) is 3.91. The smallest absolute Gasteiger partial charge is 0.416 e. The van der Waals surface area contributed by atoms with Crippen molar-refractivity contribution in [3.63, 3.8) is 0 Å². The van der Waals surface area contributed by atoms with Gasteiger partial charge in [0.1, 0.15) is 5.82 Å². The Kier molecular flexibility index (Phi) is 7.05. The molecule has 21 heavy (non-hydrogen) atoms. The van der Waals surface area contributed by atoms with Crippen molar-refractivity contribution < 1.29 is 31.5 Å². The van der Waals surface area contributed by atoms with Crippen molar-refractivity contribution in [1.82, 2.24) is 0 Å². The molecule has 120 valence electrons. The number of alkyl halides is 4. The number of halogens is 6. The van der Waals surface area contributed by atoms with Gasteiger partial charge in [-0.1, -0.05) is 0 Å². The highest BCUT2D eigenvalue weighted by Gasteiger charge is 2.34. The van der Waals surface area contributed by atoms with Gasteiger partial charge >= 0.3 is 12.1 Å². The van der Waals surface area contributed by atoms with Crippen LogP contribution in [-0.2, 0) is 15.7 Å². The summed E-state index contributed by atoms with van der Waals surface area (Å²) in [6.07, 6.45) is -7.18. The number of hydrogen-bond donors (Lipinski definition) is 1. The van der Waals surface area contributed by atoms with Crippen LogP contribution in [-0.4, -0.2) is 18.7 Å². The van der Waals surface area contributed by atoms with Gasteiger partial charge in [0.2, 0.25) is 6.17 Å². The van der Waals surface area contributed by atoms with Crippen LogP contribution in [0.5, 0.6) is 0 Å². The molecule has 9 heteroatoms. The molecule has 0 radical (unpaired) electrons. The lowest BCUT2D eigenvalue weighted by molar-refractivity contribution is -0.149. The van der Waals surface area contributed by atoms with E-state index in [-0.39, 0.29) is 19.0 Å². The fraction of sp³-hybridized carbons (Fsp3) is 0.417. The zero-order valence-electron chi connectivity index (χ0n) is 10.8. The maximum atomic E-state index is 13.6. The predicted octanol–water partition coefficient (Wildman–Crippen LogP) is 3.17. The molecular weight excluding hydrogens is 321 g/mol. The van der Waals surface area contributed by atoms with Crippen LogP contribution in [0.2, 0.25) is 0 Å². The molecule has 0 aromatic heterocycles. The minimum Gasteiger partial charge on any atom is -0.464 e. The first-order valence-corrected chi connectivity index (χ1v) is 5.61. The van der Waals surface area contributed by atoms with E-state index in [9.17, 15) is 26.7 Å². The molecule has 0 aliphatic carbocycles. The quantitative estimate of drug-likeness (QED) is 0.680. The molecule has 0 heterocycles. The van der Waals surface area contributed by atoms with Crippen LogP contribution in [0.15, 0.2) is 18.2 Å². The molecule has 1 unspecified atom stereocenters. The number of ether oxygens (including phenoxy) is 1. The van der Waals surface area contributed by atoms with Crippen LogP contribution in [0.3, 0.4) is 0 Å². The predicted molar refractivity (Wildman–Crippen MR) is 67.1 cm³/mol. The first kappa shape index (κ1) is 19.6. The molecule has 0 saturated carbocycles. The van der Waals surface area contributed by atoms with E-state index in [1.54, 1.807) is 0 Å². The highest BCUT2D eigenvalue weighted by Crippen LogP contribution is 2.32. The number of rotatable bonds is 4. The van der Waals surface area contributed by atoms with Crippen LogP contribution < -0.4 is 5.73 Å². The molecule has 0 spiro atoms. The van der Waals surface area contributed by atoms with Crippen LogP contribution in [0.1, 0.15) is 24.1 Å². The number of hydrogen-bond acceptors (Lipinski definition) is 3. The highest BCUT2D eigenvalue weighted by molar-refractivity contribution is 5.85. The Labute approximate surface area is 123 Å². The average Bonchev–Trinajstić information content (AvgIpc) is 2.36. The van der Waals surface area contributed by atoms with Gasteiger partial charge < -0.3 is 10.5 Å². The summed E-state index contributed by atoms with van der Waals surface area (Å²) in [4.78, 5) is 11.1. The second kappa shape index (κ2) is 7.56. The molecule has 3 nitrogen and oxygen atoms in total. The summed E-state index contributed by atoms with van der Waals surface area (Å²) >= 11 is 0. The number of benzene rings is 1. The molecule has 1 aromatic carbocycles. The Balaban J connectivity index is 0.00000400. The average molecular weight is 334 g/mol. The zero-order chi connectivity index (χ0) is 15.5. The van der Waals surface area contributed by atoms with Crippen LogP contribution >= 0.6 is 12.4 Å². The molecule has 0 aliphatic rings. The molecule has 0 saturated heterocycles. The molecule has 2 N–H and O–H groups in total. The van der Waals surface area contributed by atoms with Crippen molar-refractivity contribution in [2.45, 2.75) is 25.3 Å². The standard InChI is InChI=1S/C12H12F5NO2.ClH/c1-2-20-11(19)9(14)10(18)7-5-6(12(15,16)17)3-4-8(7)13;/h3-5,9-10H,2,18H2,1H3;1H/t9?,10-;/m0./s1. The van der Waals surface area contributed by atoms with Crippen molar-refractivity contribution in [2.24, 2.45) is 5.73 Å². The van der Waals surface area contributed by atoms with Gasteiger partial charge in [0.25, 0.3) is 0 Å². The molecule has 2 atom stereocenters. The third-order valence-electron chi connectivity index (χ3n) is 2.51. The third kappa shape index (κ3) is 4.82. The molecule has 0 aliphatic heterocycles. The minimum atomic E-state index is -4.72. The lowest BCUT2D eigenvalue weighted by Gasteiger charge is -2.18. The summed E-state index contributed by atoms with van der Waals surface area (Å²) in [6.45, 7) is 1.29. The lowest BCUT2D eigenvalue weighted by atomic mass is 10.00. The van der Waals surface area contributed by atoms with E-state index < -0.39 is 41.3 Å². The van der Waals surface area contributed by atoms with Gasteiger partial charge in [-0.05, 0) is 25.1 Å². The number of nitrogens with two attached hydrogens (primary N) is 1. The maximum absolute atomic E-state index is 13.6. The molecule has 0 bridgehead atoms. The van der Waals surface area contributed by atoms with Crippen LogP contribution in [0, 0.1) is 5.82 Å². The van der Waals surface area contributed by atoms with Gasteiger partial charge in [-0.15, -0.1) is 12.4 Å². The highest BCUT2D eigenvalue weighted by atomic mass is 35.5. The number of esters is 1. The summed E-state index contributed by atoms with van der Waals surface area (Å²) in [5, 5.41) is 0. The van der Waals surface area contributed by atoms with E-state index in [0.29, 0.717) is 18.2 Å². The number of carbonyl (C=O) groups is 1. The first-order chi connectivity index (χ1) is 9.18. The van der Waals surface area contributed by atoms with Gasteiger partial charge in [-0.25, -0.2) is 13.6 Å². The van der Waals surface area contributed by atoms with Crippen LogP contribution in [0.4, 0.5) is 22.0 Å². The van der Waals surface area contributed by atoms with Crippen molar-refractivity contribution in [3.05, 3.63) is 35.1 Å². The Morgan fingerprint density at radius 2 is 1.95 bits per heavy atom. The normalized spacial score (nSPS) is 14.0. The SMILES string of the molecule is CCOC(=O)C(F)[C@@H](N)c1cc(C(F)(F)F)ccc1F.Cl. The molecule has 1 rings (SSSR count). The van der Waals surface area contributed by atoms with E-state index in [0.717, 1.165) is 0 Å². The third-order valence-corrected chi connectivity index (χ3v) is 2.51. The second-order valence-corrected chi connectivity index (χ2v) is 3.91. The molecule has 0 fully saturated rings. The van der Waals surface area contributed by atoms with E-state index in [4.69, 9.17) is 5.73 Å². The Morgan fingerprint density at radius 3 is 2.43 bits per heavy atom.